The maximum absolute atomic E-state index is 12.1. The first-order chi connectivity index (χ1) is 9.46. The van der Waals surface area contributed by atoms with Crippen molar-refractivity contribution in [3.63, 3.8) is 0 Å². The Morgan fingerprint density at radius 1 is 1.45 bits per heavy atom. The fraction of sp³-hybridized carbons (Fsp3) is 0.462. The van der Waals surface area contributed by atoms with Crippen molar-refractivity contribution in [1.29, 1.82) is 0 Å². The predicted molar refractivity (Wildman–Crippen MR) is 71.6 cm³/mol. The molecule has 0 aliphatic carbocycles. The van der Waals surface area contributed by atoms with Crippen LogP contribution in [0.1, 0.15) is 25.8 Å². The summed E-state index contributed by atoms with van der Waals surface area (Å²) in [5.41, 5.74) is 0.0202. The molecule has 1 aliphatic heterocycles. The first-order valence-corrected chi connectivity index (χ1v) is 6.49. The Kier molecular flexibility index (Phi) is 3.78. The van der Waals surface area contributed by atoms with E-state index < -0.39 is 11.6 Å². The fourth-order valence-electron chi connectivity index (χ4n) is 2.00. The van der Waals surface area contributed by atoms with E-state index in [0.29, 0.717) is 13.0 Å². The van der Waals surface area contributed by atoms with Crippen LogP contribution < -0.4 is 10.6 Å². The highest BCUT2D eigenvalue weighted by Crippen LogP contribution is 2.20. The summed E-state index contributed by atoms with van der Waals surface area (Å²) in [6, 6.07) is 1.32. The molecule has 0 radical (unpaired) electrons. The highest BCUT2D eigenvalue weighted by Gasteiger charge is 2.46. The molecule has 2 rings (SSSR count). The molecule has 1 aromatic rings. The molecule has 1 fully saturated rings. The average Bonchev–Trinajstić information content (AvgIpc) is 3.00. The number of H-pyrrole nitrogens is 1. The number of nitrogens with one attached hydrogen (secondary N) is 3. The van der Waals surface area contributed by atoms with Crippen LogP contribution in [0.2, 0.25) is 0 Å². The second-order valence-corrected chi connectivity index (χ2v) is 5.00. The van der Waals surface area contributed by atoms with E-state index in [-0.39, 0.29) is 18.4 Å². The Bertz CT molecular complexity index is 526. The third kappa shape index (κ3) is 2.66. The lowest BCUT2D eigenvalue weighted by molar-refractivity contribution is -0.134. The van der Waals surface area contributed by atoms with E-state index in [9.17, 15) is 14.4 Å². The van der Waals surface area contributed by atoms with Crippen molar-refractivity contribution in [2.24, 2.45) is 0 Å². The SMILES string of the molecule is CCC1(C)NC(=O)N(CC(=O)NCc2cc[nH]c2)C1=O. The van der Waals surface area contributed by atoms with Gasteiger partial charge in [-0.05, 0) is 25.0 Å². The lowest BCUT2D eigenvalue weighted by Crippen LogP contribution is -2.44. The van der Waals surface area contributed by atoms with Gasteiger partial charge in [-0.25, -0.2) is 4.79 Å². The number of carbonyl (C=O) groups excluding carboxylic acids is 3. The number of carbonyl (C=O) groups is 3. The summed E-state index contributed by atoms with van der Waals surface area (Å²) < 4.78 is 0. The lowest BCUT2D eigenvalue weighted by Gasteiger charge is -2.19. The summed E-state index contributed by atoms with van der Waals surface area (Å²) in [6.07, 6.45) is 4.01. The van der Waals surface area contributed by atoms with Crippen molar-refractivity contribution in [2.45, 2.75) is 32.4 Å². The third-order valence-corrected chi connectivity index (χ3v) is 3.51. The minimum absolute atomic E-state index is 0.259. The number of hydrogen-bond acceptors (Lipinski definition) is 3. The smallest absolute Gasteiger partial charge is 0.325 e. The van der Waals surface area contributed by atoms with Gasteiger partial charge in [0.2, 0.25) is 5.91 Å². The van der Waals surface area contributed by atoms with Gasteiger partial charge in [0, 0.05) is 18.9 Å². The molecule has 0 spiro atoms. The number of aromatic nitrogens is 1. The highest BCUT2D eigenvalue weighted by atomic mass is 16.2. The minimum Gasteiger partial charge on any atom is -0.367 e. The molecule has 7 nitrogen and oxygen atoms in total. The van der Waals surface area contributed by atoms with Crippen molar-refractivity contribution >= 4 is 17.8 Å². The number of imide groups is 1. The van der Waals surface area contributed by atoms with Crippen molar-refractivity contribution in [2.75, 3.05) is 6.54 Å². The second kappa shape index (κ2) is 5.36. The molecule has 1 aliphatic rings. The molecule has 1 saturated heterocycles. The molecule has 7 heteroatoms. The normalized spacial score (nSPS) is 22.0. The average molecular weight is 278 g/mol. The standard InChI is InChI=1S/C13H18N4O3/c1-3-13(2)11(19)17(12(20)16-13)8-10(18)15-7-9-4-5-14-6-9/h4-6,14H,3,7-8H2,1-2H3,(H,15,18)(H,16,20). The molecule has 20 heavy (non-hydrogen) atoms. The Morgan fingerprint density at radius 2 is 2.20 bits per heavy atom. The molecule has 1 unspecified atom stereocenters. The Labute approximate surface area is 116 Å². The Balaban J connectivity index is 1.91. The third-order valence-electron chi connectivity index (χ3n) is 3.51. The zero-order valence-electron chi connectivity index (χ0n) is 11.5. The van der Waals surface area contributed by atoms with E-state index in [1.165, 1.54) is 0 Å². The van der Waals surface area contributed by atoms with Gasteiger partial charge in [-0.3, -0.25) is 14.5 Å². The van der Waals surface area contributed by atoms with Crippen molar-refractivity contribution in [1.82, 2.24) is 20.5 Å². The fourth-order valence-corrected chi connectivity index (χ4v) is 2.00. The van der Waals surface area contributed by atoms with Crippen molar-refractivity contribution in [3.05, 3.63) is 24.0 Å². The van der Waals surface area contributed by atoms with E-state index in [4.69, 9.17) is 0 Å². The molecule has 2 heterocycles. The molecule has 1 aromatic heterocycles. The highest BCUT2D eigenvalue weighted by molar-refractivity contribution is 6.08. The molecule has 0 bridgehead atoms. The summed E-state index contributed by atoms with van der Waals surface area (Å²) in [7, 11) is 0. The topological polar surface area (TPSA) is 94.3 Å². The molecule has 4 amide bonds. The van der Waals surface area contributed by atoms with E-state index in [2.05, 4.69) is 15.6 Å². The molecular formula is C13H18N4O3. The van der Waals surface area contributed by atoms with Gasteiger partial charge in [-0.15, -0.1) is 0 Å². The Hall–Kier alpha value is -2.31. The van der Waals surface area contributed by atoms with Crippen LogP contribution in [0.3, 0.4) is 0 Å². The lowest BCUT2D eigenvalue weighted by atomic mass is 9.99. The van der Waals surface area contributed by atoms with Crippen molar-refractivity contribution < 1.29 is 14.4 Å². The Morgan fingerprint density at radius 3 is 2.75 bits per heavy atom. The van der Waals surface area contributed by atoms with Gasteiger partial charge in [0.05, 0.1) is 0 Å². The van der Waals surface area contributed by atoms with Crippen LogP contribution in [0.4, 0.5) is 4.79 Å². The van der Waals surface area contributed by atoms with Crippen LogP contribution in [0, 0.1) is 0 Å². The van der Waals surface area contributed by atoms with E-state index in [1.807, 2.05) is 13.0 Å². The molecule has 3 N–H and O–H groups in total. The van der Waals surface area contributed by atoms with E-state index in [1.54, 1.807) is 19.3 Å². The number of hydrogen-bond donors (Lipinski definition) is 3. The van der Waals surface area contributed by atoms with Gasteiger partial charge >= 0.3 is 6.03 Å². The van der Waals surface area contributed by atoms with Gasteiger partial charge in [0.15, 0.2) is 0 Å². The van der Waals surface area contributed by atoms with Crippen LogP contribution in [-0.4, -0.2) is 39.8 Å². The number of urea groups is 1. The molecule has 0 aromatic carbocycles. The zero-order valence-corrected chi connectivity index (χ0v) is 11.5. The van der Waals surface area contributed by atoms with Crippen LogP contribution >= 0.6 is 0 Å². The first-order valence-electron chi connectivity index (χ1n) is 6.49. The second-order valence-electron chi connectivity index (χ2n) is 5.00. The minimum atomic E-state index is -0.905. The van der Waals surface area contributed by atoms with Gasteiger partial charge in [-0.1, -0.05) is 6.92 Å². The molecule has 0 saturated carbocycles. The summed E-state index contributed by atoms with van der Waals surface area (Å²) in [6.45, 7) is 3.57. The van der Waals surface area contributed by atoms with Crippen molar-refractivity contribution in [3.8, 4) is 0 Å². The van der Waals surface area contributed by atoms with E-state index in [0.717, 1.165) is 10.5 Å². The predicted octanol–water partition coefficient (Wildman–Crippen LogP) is 0.351. The van der Waals surface area contributed by atoms with Crippen LogP contribution in [-0.2, 0) is 16.1 Å². The quantitative estimate of drug-likeness (QED) is 0.678. The summed E-state index contributed by atoms with van der Waals surface area (Å²) in [5.74, 6) is -0.725. The maximum Gasteiger partial charge on any atom is 0.325 e. The van der Waals surface area contributed by atoms with Crippen LogP contribution in [0.5, 0.6) is 0 Å². The van der Waals surface area contributed by atoms with Gasteiger partial charge < -0.3 is 15.6 Å². The van der Waals surface area contributed by atoms with Gasteiger partial charge in [0.25, 0.3) is 5.91 Å². The molecular weight excluding hydrogens is 260 g/mol. The summed E-state index contributed by atoms with van der Waals surface area (Å²) >= 11 is 0. The summed E-state index contributed by atoms with van der Waals surface area (Å²) in [4.78, 5) is 39.5. The number of amides is 4. The molecule has 1 atom stereocenters. The first kappa shape index (κ1) is 14.1. The number of nitrogens with zero attached hydrogens (tertiary/aromatic N) is 1. The van der Waals surface area contributed by atoms with E-state index >= 15 is 0 Å². The molecule has 108 valence electrons. The van der Waals surface area contributed by atoms with Gasteiger partial charge in [-0.2, -0.15) is 0 Å². The number of aromatic amines is 1. The van der Waals surface area contributed by atoms with Crippen LogP contribution in [0.25, 0.3) is 0 Å². The van der Waals surface area contributed by atoms with Crippen LogP contribution in [0.15, 0.2) is 18.5 Å². The monoisotopic (exact) mass is 278 g/mol. The summed E-state index contributed by atoms with van der Waals surface area (Å²) in [5, 5.41) is 5.27. The maximum atomic E-state index is 12.1. The zero-order chi connectivity index (χ0) is 14.8. The number of rotatable bonds is 5. The van der Waals surface area contributed by atoms with Gasteiger partial charge in [0.1, 0.15) is 12.1 Å². The largest absolute Gasteiger partial charge is 0.367 e.